The molecule has 0 unspecified atom stereocenters. The van der Waals surface area contributed by atoms with E-state index in [4.69, 9.17) is 9.47 Å². The Morgan fingerprint density at radius 1 is 1.30 bits per heavy atom. The Morgan fingerprint density at radius 3 is 2.81 bits per heavy atom. The number of ether oxygens (including phenoxy) is 2. The van der Waals surface area contributed by atoms with Crippen molar-refractivity contribution in [3.05, 3.63) is 48.0 Å². The molecule has 2 aliphatic heterocycles. The van der Waals surface area contributed by atoms with E-state index >= 15 is 0 Å². The molecule has 6 nitrogen and oxygen atoms in total. The zero-order valence-electron chi connectivity index (χ0n) is 15.5. The Kier molecular flexibility index (Phi) is 5.22. The van der Waals surface area contributed by atoms with Crippen molar-refractivity contribution >= 4 is 5.95 Å². The van der Waals surface area contributed by atoms with Gasteiger partial charge >= 0.3 is 0 Å². The number of hydrogen-bond donors (Lipinski definition) is 1. The molecule has 27 heavy (non-hydrogen) atoms. The fourth-order valence-corrected chi connectivity index (χ4v) is 4.11. The van der Waals surface area contributed by atoms with E-state index in [0.717, 1.165) is 44.6 Å². The van der Waals surface area contributed by atoms with Crippen molar-refractivity contribution in [3.63, 3.8) is 0 Å². The van der Waals surface area contributed by atoms with Crippen molar-refractivity contribution in [3.8, 4) is 5.75 Å². The third kappa shape index (κ3) is 4.36. The van der Waals surface area contributed by atoms with Gasteiger partial charge in [-0.2, -0.15) is 0 Å². The van der Waals surface area contributed by atoms with Crippen LogP contribution < -0.4 is 10.1 Å². The molecule has 0 radical (unpaired) electrons. The first-order chi connectivity index (χ1) is 13.1. The van der Waals surface area contributed by atoms with E-state index in [1.54, 1.807) is 7.11 Å². The van der Waals surface area contributed by atoms with Crippen LogP contribution in [0.25, 0.3) is 0 Å². The summed E-state index contributed by atoms with van der Waals surface area (Å²) in [5.74, 6) is 0.902. The van der Waals surface area contributed by atoms with Crippen LogP contribution in [0.1, 0.15) is 24.8 Å². The average Bonchev–Trinajstić information content (AvgIpc) is 3.06. The summed E-state index contributed by atoms with van der Waals surface area (Å²) in [5.41, 5.74) is 1.16. The third-order valence-electron chi connectivity index (χ3n) is 5.35. The fraction of sp³-hybridized carbons (Fsp3) is 0.500. The van der Waals surface area contributed by atoms with Crippen LogP contribution in [0.4, 0.5) is 10.3 Å². The van der Waals surface area contributed by atoms with E-state index in [-0.39, 0.29) is 11.6 Å². The van der Waals surface area contributed by atoms with Crippen molar-refractivity contribution in [1.29, 1.82) is 0 Å². The number of piperidine rings is 1. The molecule has 7 heteroatoms. The Morgan fingerprint density at radius 2 is 2.07 bits per heavy atom. The fourth-order valence-electron chi connectivity index (χ4n) is 4.11. The maximum absolute atomic E-state index is 13.0. The van der Waals surface area contributed by atoms with Crippen LogP contribution in [0, 0.1) is 5.82 Å². The number of rotatable bonds is 5. The normalized spacial score (nSPS) is 25.6. The van der Waals surface area contributed by atoms with Gasteiger partial charge in [0.15, 0.2) is 5.82 Å². The molecule has 0 bridgehead atoms. The molecule has 2 aromatic rings. The summed E-state index contributed by atoms with van der Waals surface area (Å²) in [4.78, 5) is 10.4. The van der Waals surface area contributed by atoms with Crippen LogP contribution >= 0.6 is 0 Å². The van der Waals surface area contributed by atoms with Crippen LogP contribution in [0.15, 0.2) is 36.7 Å². The van der Waals surface area contributed by atoms with Gasteiger partial charge in [-0.3, -0.25) is 4.90 Å². The minimum absolute atomic E-state index is 0.123. The lowest BCUT2D eigenvalue weighted by atomic mass is 9.88. The number of nitrogens with one attached hydrogen (secondary N) is 1. The first kappa shape index (κ1) is 18.1. The molecular formula is C20H25FN4O2. The lowest BCUT2D eigenvalue weighted by molar-refractivity contribution is -0.0533. The highest BCUT2D eigenvalue weighted by atomic mass is 19.1. The van der Waals surface area contributed by atoms with Crippen LogP contribution in [-0.2, 0) is 11.3 Å². The molecule has 2 atom stereocenters. The zero-order chi connectivity index (χ0) is 18.7. The van der Waals surface area contributed by atoms with Crippen molar-refractivity contribution < 1.29 is 13.9 Å². The second-order valence-electron chi connectivity index (χ2n) is 7.43. The topological polar surface area (TPSA) is 59.5 Å². The van der Waals surface area contributed by atoms with E-state index < -0.39 is 5.82 Å². The zero-order valence-corrected chi connectivity index (χ0v) is 15.5. The molecule has 2 fully saturated rings. The number of methoxy groups -OCH3 is 1. The number of nitrogens with zero attached hydrogens (tertiary/aromatic N) is 3. The van der Waals surface area contributed by atoms with Crippen molar-refractivity contribution in [2.45, 2.75) is 37.5 Å². The highest BCUT2D eigenvalue weighted by Crippen LogP contribution is 2.36. The molecule has 3 heterocycles. The van der Waals surface area contributed by atoms with Gasteiger partial charge in [0, 0.05) is 19.5 Å². The molecule has 1 aromatic carbocycles. The minimum Gasteiger partial charge on any atom is -0.497 e. The van der Waals surface area contributed by atoms with Gasteiger partial charge in [-0.15, -0.1) is 0 Å². The predicted octanol–water partition coefficient (Wildman–Crippen LogP) is 2.86. The summed E-state index contributed by atoms with van der Waals surface area (Å²) in [7, 11) is 1.68. The predicted molar refractivity (Wildman–Crippen MR) is 100 cm³/mol. The number of halogens is 1. The molecule has 1 aromatic heterocycles. The van der Waals surface area contributed by atoms with Gasteiger partial charge in [0.1, 0.15) is 5.75 Å². The molecule has 2 aliphatic rings. The van der Waals surface area contributed by atoms with Crippen LogP contribution in [0.3, 0.4) is 0 Å². The van der Waals surface area contributed by atoms with Gasteiger partial charge < -0.3 is 14.8 Å². The quantitative estimate of drug-likeness (QED) is 0.871. The largest absolute Gasteiger partial charge is 0.497 e. The monoisotopic (exact) mass is 372 g/mol. The lowest BCUT2D eigenvalue weighted by Gasteiger charge is -2.39. The van der Waals surface area contributed by atoms with E-state index in [2.05, 4.69) is 32.3 Å². The van der Waals surface area contributed by atoms with Gasteiger partial charge in [-0.05, 0) is 37.1 Å². The van der Waals surface area contributed by atoms with Gasteiger partial charge in [0.2, 0.25) is 5.95 Å². The second kappa shape index (κ2) is 7.78. The molecule has 1 N–H and O–H groups in total. The Balaban J connectivity index is 1.35. The highest BCUT2D eigenvalue weighted by molar-refractivity contribution is 5.28. The first-order valence-electron chi connectivity index (χ1n) is 9.37. The Bertz CT molecular complexity index is 756. The second-order valence-corrected chi connectivity index (χ2v) is 7.43. The summed E-state index contributed by atoms with van der Waals surface area (Å²) < 4.78 is 24.4. The molecule has 1 spiro atoms. The average molecular weight is 372 g/mol. The van der Waals surface area contributed by atoms with Crippen LogP contribution in [0.5, 0.6) is 5.75 Å². The van der Waals surface area contributed by atoms with Gasteiger partial charge in [0.05, 0.1) is 37.8 Å². The summed E-state index contributed by atoms with van der Waals surface area (Å²) >= 11 is 0. The van der Waals surface area contributed by atoms with Gasteiger partial charge in [-0.1, -0.05) is 12.1 Å². The van der Waals surface area contributed by atoms with Gasteiger partial charge in [0.25, 0.3) is 0 Å². The van der Waals surface area contributed by atoms with Crippen molar-refractivity contribution in [1.82, 2.24) is 14.9 Å². The lowest BCUT2D eigenvalue weighted by Crippen LogP contribution is -2.47. The Labute approximate surface area is 158 Å². The standard InChI is InChI=1S/C20H25FN4O2/c1-26-18-5-3-15(4-6-18)12-25-8-2-7-20(14-25)9-17(13-27-20)24-19-22-10-16(21)11-23-19/h3-6,10-11,17H,2,7-9,12-14H2,1H3,(H,22,23,24)/t17-,20-/m0/s1. The summed E-state index contributed by atoms with van der Waals surface area (Å²) in [6.45, 7) is 3.53. The smallest absolute Gasteiger partial charge is 0.223 e. The maximum atomic E-state index is 13.0. The van der Waals surface area contributed by atoms with E-state index in [9.17, 15) is 4.39 Å². The van der Waals surface area contributed by atoms with Crippen LogP contribution in [-0.4, -0.2) is 53.3 Å². The molecular weight excluding hydrogens is 347 g/mol. The number of hydrogen-bond acceptors (Lipinski definition) is 6. The molecule has 4 rings (SSSR count). The van der Waals surface area contributed by atoms with Gasteiger partial charge in [-0.25, -0.2) is 14.4 Å². The SMILES string of the molecule is COc1ccc(CN2CCC[C@]3(C[C@H](Nc4ncc(F)cn4)CO3)C2)cc1. The third-order valence-corrected chi connectivity index (χ3v) is 5.35. The highest BCUT2D eigenvalue weighted by Gasteiger charge is 2.43. The number of aromatic nitrogens is 2. The van der Waals surface area contributed by atoms with E-state index in [0.29, 0.717) is 12.6 Å². The van der Waals surface area contributed by atoms with Crippen LogP contribution in [0.2, 0.25) is 0 Å². The number of likely N-dealkylation sites (tertiary alicyclic amines) is 1. The molecule has 2 saturated heterocycles. The summed E-state index contributed by atoms with van der Waals surface area (Å²) in [6, 6.07) is 8.39. The minimum atomic E-state index is -0.429. The first-order valence-corrected chi connectivity index (χ1v) is 9.37. The summed E-state index contributed by atoms with van der Waals surface area (Å²) in [6.07, 6.45) is 5.45. The molecule has 0 aliphatic carbocycles. The van der Waals surface area contributed by atoms with E-state index in [1.807, 2.05) is 12.1 Å². The maximum Gasteiger partial charge on any atom is 0.223 e. The molecule has 144 valence electrons. The van der Waals surface area contributed by atoms with Crippen molar-refractivity contribution in [2.75, 3.05) is 32.1 Å². The number of anilines is 1. The summed E-state index contributed by atoms with van der Waals surface area (Å²) in [5, 5.41) is 3.27. The molecule has 0 amide bonds. The Hall–Kier alpha value is -2.25. The van der Waals surface area contributed by atoms with Crippen molar-refractivity contribution in [2.24, 2.45) is 0 Å². The molecule has 0 saturated carbocycles. The number of benzene rings is 1. The van der Waals surface area contributed by atoms with E-state index in [1.165, 1.54) is 18.0 Å².